The van der Waals surface area contributed by atoms with Gasteiger partial charge in [-0.1, -0.05) is 36.7 Å². The molecule has 1 heterocycles. The highest BCUT2D eigenvalue weighted by Gasteiger charge is 2.28. The summed E-state index contributed by atoms with van der Waals surface area (Å²) in [6.45, 7) is 10.6. The minimum absolute atomic E-state index is 0.0881. The predicted molar refractivity (Wildman–Crippen MR) is 62.9 cm³/mol. The number of aromatic nitrogens is 2. The highest BCUT2D eigenvalue weighted by molar-refractivity contribution is 9.09. The van der Waals surface area contributed by atoms with Gasteiger partial charge in [0, 0.05) is 10.2 Å². The van der Waals surface area contributed by atoms with Gasteiger partial charge in [0.05, 0.1) is 11.4 Å². The Morgan fingerprint density at radius 3 is 2.36 bits per heavy atom. The fraction of sp³-hybridized carbons (Fsp3) is 0.636. The molecule has 0 saturated heterocycles. The van der Waals surface area contributed by atoms with Crippen LogP contribution in [-0.2, 0) is 5.41 Å². The van der Waals surface area contributed by atoms with Crippen molar-refractivity contribution in [1.82, 2.24) is 10.2 Å². The van der Waals surface area contributed by atoms with E-state index in [1.807, 2.05) is 13.8 Å². The zero-order chi connectivity index (χ0) is 10.9. The quantitative estimate of drug-likeness (QED) is 0.760. The molecule has 0 N–H and O–H groups in total. The van der Waals surface area contributed by atoms with E-state index in [0.717, 1.165) is 11.4 Å². The van der Waals surface area contributed by atoms with Gasteiger partial charge in [-0.15, -0.1) is 0 Å². The molecule has 1 aromatic heterocycles. The van der Waals surface area contributed by atoms with Crippen molar-refractivity contribution in [2.24, 2.45) is 0 Å². The summed E-state index contributed by atoms with van der Waals surface area (Å²) in [5, 5.41) is 8.20. The fourth-order valence-electron chi connectivity index (χ4n) is 1.42. The maximum Gasteiger partial charge on any atom is 0.0638 e. The van der Waals surface area contributed by atoms with Crippen molar-refractivity contribution >= 4 is 15.9 Å². The lowest BCUT2D eigenvalue weighted by Gasteiger charge is -2.29. The van der Waals surface area contributed by atoms with Gasteiger partial charge in [0.15, 0.2) is 0 Å². The molecule has 0 saturated carbocycles. The van der Waals surface area contributed by atoms with Crippen LogP contribution in [0.2, 0.25) is 0 Å². The second-order valence-corrected chi connectivity index (χ2v) is 5.70. The molecule has 1 rings (SSSR count). The van der Waals surface area contributed by atoms with E-state index in [4.69, 9.17) is 0 Å². The molecule has 1 atom stereocenters. The molecule has 1 aromatic rings. The maximum atomic E-state index is 4.16. The first kappa shape index (κ1) is 11.6. The summed E-state index contributed by atoms with van der Waals surface area (Å²) in [6.07, 6.45) is 0. The third kappa shape index (κ3) is 2.14. The van der Waals surface area contributed by atoms with Gasteiger partial charge in [-0.25, -0.2) is 0 Å². The molecule has 0 aromatic carbocycles. The number of alkyl halides is 1. The Morgan fingerprint density at radius 2 is 1.86 bits per heavy atom. The van der Waals surface area contributed by atoms with E-state index in [0.29, 0.717) is 4.83 Å². The summed E-state index contributed by atoms with van der Waals surface area (Å²) in [6, 6.07) is 2.13. The predicted octanol–water partition coefficient (Wildman–Crippen LogP) is 3.15. The molecule has 14 heavy (non-hydrogen) atoms. The molecule has 0 aliphatic rings. The van der Waals surface area contributed by atoms with Crippen LogP contribution in [0.15, 0.2) is 6.07 Å². The Kier molecular flexibility index (Phi) is 3.30. The second kappa shape index (κ2) is 3.97. The van der Waals surface area contributed by atoms with Crippen molar-refractivity contribution in [2.75, 3.05) is 0 Å². The lowest BCUT2D eigenvalue weighted by molar-refractivity contribution is 0.517. The van der Waals surface area contributed by atoms with Crippen molar-refractivity contribution in [3.05, 3.63) is 23.0 Å². The van der Waals surface area contributed by atoms with Crippen LogP contribution in [0.3, 0.4) is 0 Å². The minimum Gasteiger partial charge on any atom is -0.156 e. The average molecular weight is 257 g/mol. The molecule has 0 aliphatic heterocycles. The van der Waals surface area contributed by atoms with E-state index in [2.05, 4.69) is 53.0 Å². The minimum atomic E-state index is 0.0881. The zero-order valence-corrected chi connectivity index (χ0v) is 11.0. The molecule has 1 unspecified atom stereocenters. The molecule has 78 valence electrons. The van der Waals surface area contributed by atoms with Crippen molar-refractivity contribution < 1.29 is 0 Å². The Labute approximate surface area is 94.3 Å². The van der Waals surface area contributed by atoms with E-state index in [9.17, 15) is 0 Å². The molecule has 0 bridgehead atoms. The van der Waals surface area contributed by atoms with Crippen LogP contribution >= 0.6 is 15.9 Å². The summed E-state index contributed by atoms with van der Waals surface area (Å²) >= 11 is 3.64. The summed E-state index contributed by atoms with van der Waals surface area (Å²) < 4.78 is 0. The number of aryl methyl sites for hydroxylation is 2. The van der Waals surface area contributed by atoms with Crippen molar-refractivity contribution in [1.29, 1.82) is 0 Å². The zero-order valence-electron chi connectivity index (χ0n) is 9.43. The summed E-state index contributed by atoms with van der Waals surface area (Å²) in [4.78, 5) is 0.414. The van der Waals surface area contributed by atoms with Crippen LogP contribution < -0.4 is 0 Å². The largest absolute Gasteiger partial charge is 0.156 e. The third-order valence-electron chi connectivity index (χ3n) is 2.79. The third-order valence-corrected chi connectivity index (χ3v) is 3.93. The van der Waals surface area contributed by atoms with Gasteiger partial charge >= 0.3 is 0 Å². The van der Waals surface area contributed by atoms with Crippen LogP contribution in [0, 0.1) is 13.8 Å². The van der Waals surface area contributed by atoms with Gasteiger partial charge in [-0.3, -0.25) is 0 Å². The van der Waals surface area contributed by atoms with Gasteiger partial charge in [0.1, 0.15) is 0 Å². The smallest absolute Gasteiger partial charge is 0.0638 e. The topological polar surface area (TPSA) is 25.8 Å². The molecular weight excluding hydrogens is 240 g/mol. The fourth-order valence-corrected chi connectivity index (χ4v) is 1.66. The standard InChI is InChI=1S/C11H17BrN2/c1-7-6-10(8(2)14-13-7)11(4,5)9(3)12/h6,9H,1-5H3. The summed E-state index contributed by atoms with van der Waals surface area (Å²) in [7, 11) is 0. The first-order valence-electron chi connectivity index (χ1n) is 4.81. The van der Waals surface area contributed by atoms with Crippen LogP contribution in [0.1, 0.15) is 37.7 Å². The normalized spacial score (nSPS) is 14.1. The molecule has 3 heteroatoms. The monoisotopic (exact) mass is 256 g/mol. The van der Waals surface area contributed by atoms with E-state index >= 15 is 0 Å². The van der Waals surface area contributed by atoms with Crippen molar-refractivity contribution in [3.8, 4) is 0 Å². The number of hydrogen-bond acceptors (Lipinski definition) is 2. The maximum absolute atomic E-state index is 4.16. The first-order valence-corrected chi connectivity index (χ1v) is 5.72. The lowest BCUT2D eigenvalue weighted by atomic mass is 9.81. The van der Waals surface area contributed by atoms with Gasteiger partial charge in [0.25, 0.3) is 0 Å². The Hall–Kier alpha value is -0.440. The van der Waals surface area contributed by atoms with Gasteiger partial charge < -0.3 is 0 Å². The van der Waals surface area contributed by atoms with E-state index in [-0.39, 0.29) is 5.41 Å². The molecular formula is C11H17BrN2. The highest BCUT2D eigenvalue weighted by atomic mass is 79.9. The van der Waals surface area contributed by atoms with Gasteiger partial charge in [-0.05, 0) is 25.5 Å². The first-order chi connectivity index (χ1) is 6.35. The molecule has 2 nitrogen and oxygen atoms in total. The lowest BCUT2D eigenvalue weighted by Crippen LogP contribution is -2.28. The Bertz CT molecular complexity index is 332. The van der Waals surface area contributed by atoms with Gasteiger partial charge in [-0.2, -0.15) is 10.2 Å². The highest BCUT2D eigenvalue weighted by Crippen LogP contribution is 2.32. The molecule has 0 aliphatic carbocycles. The molecule has 0 radical (unpaired) electrons. The van der Waals surface area contributed by atoms with Crippen molar-refractivity contribution in [3.63, 3.8) is 0 Å². The van der Waals surface area contributed by atoms with Crippen LogP contribution in [-0.4, -0.2) is 15.0 Å². The van der Waals surface area contributed by atoms with Crippen LogP contribution in [0.4, 0.5) is 0 Å². The van der Waals surface area contributed by atoms with Crippen LogP contribution in [0.25, 0.3) is 0 Å². The Balaban J connectivity index is 3.24. The van der Waals surface area contributed by atoms with E-state index in [1.54, 1.807) is 0 Å². The Morgan fingerprint density at radius 1 is 1.29 bits per heavy atom. The number of hydrogen-bond donors (Lipinski definition) is 0. The summed E-state index contributed by atoms with van der Waals surface area (Å²) in [5.74, 6) is 0. The average Bonchev–Trinajstić information content (AvgIpc) is 2.08. The molecule has 0 amide bonds. The van der Waals surface area contributed by atoms with Crippen molar-refractivity contribution in [2.45, 2.75) is 44.9 Å². The second-order valence-electron chi connectivity index (χ2n) is 4.32. The van der Waals surface area contributed by atoms with Crippen LogP contribution in [0.5, 0.6) is 0 Å². The number of rotatable bonds is 2. The molecule has 0 spiro atoms. The van der Waals surface area contributed by atoms with E-state index < -0.39 is 0 Å². The van der Waals surface area contributed by atoms with Gasteiger partial charge in [0.2, 0.25) is 0 Å². The summed E-state index contributed by atoms with van der Waals surface area (Å²) in [5.41, 5.74) is 3.36. The SMILES string of the molecule is Cc1cc(C(C)(C)C(C)Br)c(C)nn1. The van der Waals surface area contributed by atoms with E-state index in [1.165, 1.54) is 5.56 Å². The number of nitrogens with zero attached hydrogens (tertiary/aromatic N) is 2. The number of halogens is 1. The molecule has 0 fully saturated rings.